The van der Waals surface area contributed by atoms with Gasteiger partial charge in [-0.15, -0.1) is 0 Å². The third kappa shape index (κ3) is 4.11. The number of anilines is 1. The van der Waals surface area contributed by atoms with Gasteiger partial charge in [-0.25, -0.2) is 4.39 Å². The van der Waals surface area contributed by atoms with Gasteiger partial charge in [0.1, 0.15) is 11.9 Å². The molecular weight excluding hydrogens is 221 g/mol. The summed E-state index contributed by atoms with van der Waals surface area (Å²) in [7, 11) is 0. The Bertz CT molecular complexity index is 440. The Morgan fingerprint density at radius 2 is 2.29 bits per heavy atom. The second kappa shape index (κ2) is 6.48. The van der Waals surface area contributed by atoms with Gasteiger partial charge in [0.2, 0.25) is 5.91 Å². The third-order valence-corrected chi connectivity index (χ3v) is 2.11. The van der Waals surface area contributed by atoms with Gasteiger partial charge in [-0.05, 0) is 24.6 Å². The second-order valence-corrected chi connectivity index (χ2v) is 3.51. The Labute approximate surface area is 99.4 Å². The maximum Gasteiger partial charge on any atom is 0.239 e. The first-order valence-corrected chi connectivity index (χ1v) is 5.37. The van der Waals surface area contributed by atoms with E-state index in [9.17, 15) is 9.18 Å². The Morgan fingerprint density at radius 3 is 2.94 bits per heavy atom. The predicted molar refractivity (Wildman–Crippen MR) is 62.9 cm³/mol. The van der Waals surface area contributed by atoms with E-state index < -0.39 is 5.82 Å². The van der Waals surface area contributed by atoms with E-state index in [-0.39, 0.29) is 18.0 Å². The van der Waals surface area contributed by atoms with Crippen molar-refractivity contribution in [1.29, 1.82) is 5.26 Å². The monoisotopic (exact) mass is 235 g/mol. The third-order valence-electron chi connectivity index (χ3n) is 2.11. The molecule has 0 unspecified atom stereocenters. The Balaban J connectivity index is 2.53. The van der Waals surface area contributed by atoms with Gasteiger partial charge in [0.05, 0.1) is 12.1 Å². The van der Waals surface area contributed by atoms with Gasteiger partial charge in [0.15, 0.2) is 0 Å². The van der Waals surface area contributed by atoms with Crippen LogP contribution in [-0.2, 0) is 4.79 Å². The molecule has 1 aromatic carbocycles. The van der Waals surface area contributed by atoms with Crippen molar-refractivity contribution >= 4 is 11.6 Å². The van der Waals surface area contributed by atoms with Crippen LogP contribution >= 0.6 is 0 Å². The number of hydrogen-bond acceptors (Lipinski definition) is 3. The normalized spacial score (nSPS) is 9.47. The topological polar surface area (TPSA) is 64.9 Å². The molecular formula is C12H14FN3O. The molecule has 90 valence electrons. The number of nitrogens with one attached hydrogen (secondary N) is 2. The lowest BCUT2D eigenvalue weighted by Gasteiger charge is -2.07. The van der Waals surface area contributed by atoms with Crippen molar-refractivity contribution in [1.82, 2.24) is 5.32 Å². The van der Waals surface area contributed by atoms with E-state index in [1.807, 2.05) is 6.92 Å². The lowest BCUT2D eigenvalue weighted by molar-refractivity contribution is -0.119. The molecule has 0 saturated heterocycles. The lowest BCUT2D eigenvalue weighted by atomic mass is 10.2. The number of nitrogens with zero attached hydrogens (tertiary/aromatic N) is 1. The quantitative estimate of drug-likeness (QED) is 0.815. The van der Waals surface area contributed by atoms with Crippen molar-refractivity contribution in [3.63, 3.8) is 0 Å². The minimum absolute atomic E-state index is 0.0380. The van der Waals surface area contributed by atoms with Crippen molar-refractivity contribution < 1.29 is 9.18 Å². The van der Waals surface area contributed by atoms with Crippen molar-refractivity contribution in [2.24, 2.45) is 0 Å². The first-order chi connectivity index (χ1) is 8.17. The van der Waals surface area contributed by atoms with Crippen LogP contribution in [0.4, 0.5) is 10.1 Å². The van der Waals surface area contributed by atoms with E-state index in [2.05, 4.69) is 10.6 Å². The van der Waals surface area contributed by atoms with Crippen LogP contribution in [0.2, 0.25) is 0 Å². The largest absolute Gasteiger partial charge is 0.376 e. The van der Waals surface area contributed by atoms with Crippen LogP contribution in [0.15, 0.2) is 18.2 Å². The molecule has 2 N–H and O–H groups in total. The van der Waals surface area contributed by atoms with Crippen molar-refractivity contribution in [2.45, 2.75) is 13.3 Å². The maximum absolute atomic E-state index is 13.0. The summed E-state index contributed by atoms with van der Waals surface area (Å²) in [6.45, 7) is 2.71. The van der Waals surface area contributed by atoms with Crippen LogP contribution in [0.1, 0.15) is 18.9 Å². The molecule has 0 spiro atoms. The predicted octanol–water partition coefficient (Wildman–Crippen LogP) is 1.64. The van der Waals surface area contributed by atoms with E-state index in [1.165, 1.54) is 18.2 Å². The number of benzene rings is 1. The van der Waals surface area contributed by atoms with Crippen LogP contribution in [0.5, 0.6) is 0 Å². The SMILES string of the molecule is CCCNC(=O)CNc1ccc(F)c(C#N)c1. The lowest BCUT2D eigenvalue weighted by Crippen LogP contribution is -2.30. The molecule has 4 nitrogen and oxygen atoms in total. The van der Waals surface area contributed by atoms with Crippen molar-refractivity contribution in [2.75, 3.05) is 18.4 Å². The molecule has 1 amide bonds. The molecule has 5 heteroatoms. The zero-order chi connectivity index (χ0) is 12.7. The van der Waals surface area contributed by atoms with Gasteiger partial charge in [0, 0.05) is 12.2 Å². The average Bonchev–Trinajstić information content (AvgIpc) is 2.35. The summed E-state index contributed by atoms with van der Waals surface area (Å²) in [5, 5.41) is 14.2. The fourth-order valence-electron chi connectivity index (χ4n) is 1.23. The minimum Gasteiger partial charge on any atom is -0.376 e. The summed E-state index contributed by atoms with van der Waals surface area (Å²) in [6.07, 6.45) is 0.876. The van der Waals surface area contributed by atoms with Crippen LogP contribution in [-0.4, -0.2) is 19.0 Å². The molecule has 0 radical (unpaired) electrons. The Hall–Kier alpha value is -2.09. The van der Waals surface area contributed by atoms with Crippen LogP contribution in [0, 0.1) is 17.1 Å². The second-order valence-electron chi connectivity index (χ2n) is 3.51. The highest BCUT2D eigenvalue weighted by atomic mass is 19.1. The summed E-state index contributed by atoms with van der Waals surface area (Å²) >= 11 is 0. The molecule has 1 aromatic rings. The highest BCUT2D eigenvalue weighted by Crippen LogP contribution is 2.13. The van der Waals surface area contributed by atoms with Gasteiger partial charge in [-0.3, -0.25) is 4.79 Å². The number of rotatable bonds is 5. The van der Waals surface area contributed by atoms with Crippen molar-refractivity contribution in [3.8, 4) is 6.07 Å². The molecule has 0 fully saturated rings. The number of amides is 1. The minimum atomic E-state index is -0.562. The van der Waals surface area contributed by atoms with Gasteiger partial charge < -0.3 is 10.6 Å². The molecule has 0 heterocycles. The molecule has 17 heavy (non-hydrogen) atoms. The fourth-order valence-corrected chi connectivity index (χ4v) is 1.23. The molecule has 0 aliphatic heterocycles. The molecule has 0 aromatic heterocycles. The van der Waals surface area contributed by atoms with Crippen molar-refractivity contribution in [3.05, 3.63) is 29.6 Å². The van der Waals surface area contributed by atoms with E-state index >= 15 is 0 Å². The number of nitriles is 1. The summed E-state index contributed by atoms with van der Waals surface area (Å²) in [4.78, 5) is 11.3. The van der Waals surface area contributed by atoms with E-state index in [0.29, 0.717) is 12.2 Å². The molecule has 0 atom stereocenters. The number of carbonyl (C=O) groups is 1. The number of hydrogen-bond donors (Lipinski definition) is 2. The average molecular weight is 235 g/mol. The Morgan fingerprint density at radius 1 is 1.53 bits per heavy atom. The van der Waals surface area contributed by atoms with Gasteiger partial charge >= 0.3 is 0 Å². The summed E-state index contributed by atoms with van der Waals surface area (Å²) < 4.78 is 13.0. The first-order valence-electron chi connectivity index (χ1n) is 5.37. The zero-order valence-electron chi connectivity index (χ0n) is 9.59. The highest BCUT2D eigenvalue weighted by Gasteiger charge is 2.04. The van der Waals surface area contributed by atoms with Gasteiger partial charge in [0.25, 0.3) is 0 Å². The van der Waals surface area contributed by atoms with Crippen LogP contribution < -0.4 is 10.6 Å². The van der Waals surface area contributed by atoms with E-state index in [0.717, 1.165) is 6.42 Å². The Kier molecular flexibility index (Phi) is 4.95. The first kappa shape index (κ1) is 13.0. The standard InChI is InChI=1S/C12H14FN3O/c1-2-5-15-12(17)8-16-10-3-4-11(13)9(6-10)7-14/h3-4,6,16H,2,5,8H2,1H3,(H,15,17). The summed E-state index contributed by atoms with van der Waals surface area (Å²) in [6, 6.07) is 5.81. The zero-order valence-corrected chi connectivity index (χ0v) is 9.59. The molecule has 0 saturated carbocycles. The van der Waals surface area contributed by atoms with E-state index in [1.54, 1.807) is 6.07 Å². The van der Waals surface area contributed by atoms with Gasteiger partial charge in [-0.2, -0.15) is 5.26 Å². The smallest absolute Gasteiger partial charge is 0.239 e. The van der Waals surface area contributed by atoms with Crippen LogP contribution in [0.25, 0.3) is 0 Å². The molecule has 0 bridgehead atoms. The summed E-state index contributed by atoms with van der Waals surface area (Å²) in [5.74, 6) is -0.692. The van der Waals surface area contributed by atoms with Crippen LogP contribution in [0.3, 0.4) is 0 Å². The fraction of sp³-hybridized carbons (Fsp3) is 0.333. The molecule has 0 aliphatic carbocycles. The maximum atomic E-state index is 13.0. The number of carbonyl (C=O) groups excluding carboxylic acids is 1. The number of halogens is 1. The van der Waals surface area contributed by atoms with E-state index in [4.69, 9.17) is 5.26 Å². The summed E-state index contributed by atoms with van der Waals surface area (Å²) in [5.41, 5.74) is 0.513. The highest BCUT2D eigenvalue weighted by molar-refractivity contribution is 5.80. The molecule has 1 rings (SSSR count). The van der Waals surface area contributed by atoms with Gasteiger partial charge in [-0.1, -0.05) is 6.92 Å². The molecule has 0 aliphatic rings.